The van der Waals surface area contributed by atoms with Gasteiger partial charge in [0.2, 0.25) is 0 Å². The lowest BCUT2D eigenvalue weighted by Gasteiger charge is -2.36. The van der Waals surface area contributed by atoms with Gasteiger partial charge in [0, 0.05) is 13.0 Å². The number of carbonyl (C=O) groups excluding carboxylic acids is 2. The molecule has 0 aromatic rings. The summed E-state index contributed by atoms with van der Waals surface area (Å²) in [5, 5.41) is 2.79. The summed E-state index contributed by atoms with van der Waals surface area (Å²) >= 11 is 3.41. The lowest BCUT2D eigenvalue weighted by molar-refractivity contribution is -0.116. The number of carbonyl (C=O) groups is 2. The molecule has 0 unspecified atom stereocenters. The highest BCUT2D eigenvalue weighted by Gasteiger charge is 2.37. The summed E-state index contributed by atoms with van der Waals surface area (Å²) in [5.41, 5.74) is -0.545. The average molecular weight is 382 g/mol. The Kier molecular flexibility index (Phi) is 7.55. The first kappa shape index (κ1) is 20.9. The second-order valence-electron chi connectivity index (χ2n) is 7.26. The maximum atomic E-state index is 12.3. The van der Waals surface area contributed by atoms with Crippen molar-refractivity contribution in [2.75, 3.05) is 37.5 Å². The van der Waals surface area contributed by atoms with E-state index in [1.807, 2.05) is 20.8 Å². The van der Waals surface area contributed by atoms with Crippen molar-refractivity contribution in [3.63, 3.8) is 0 Å². The first-order valence-electron chi connectivity index (χ1n) is 7.71. The molecule has 5 nitrogen and oxygen atoms in total. The van der Waals surface area contributed by atoms with Crippen molar-refractivity contribution in [3.8, 4) is 0 Å². The van der Waals surface area contributed by atoms with Gasteiger partial charge in [0.25, 0.3) is 0 Å². The third kappa shape index (κ3) is 9.06. The summed E-state index contributed by atoms with van der Waals surface area (Å²) < 4.78 is 16.8. The van der Waals surface area contributed by atoms with E-state index in [-0.39, 0.29) is 16.0 Å². The van der Waals surface area contributed by atoms with Crippen LogP contribution in [0.5, 0.6) is 0 Å². The van der Waals surface area contributed by atoms with Gasteiger partial charge in [-0.05, 0) is 52.0 Å². The highest BCUT2D eigenvalue weighted by atomic mass is 32.2. The molecule has 0 aromatic heterocycles. The number of Topliss-reactive ketones (excluding diaryl/α,β-unsaturated/α-hetero) is 1. The van der Waals surface area contributed by atoms with Crippen LogP contribution < -0.4 is 5.32 Å². The zero-order chi connectivity index (χ0) is 17.7. The number of ether oxygens (including phenoxy) is 1. The summed E-state index contributed by atoms with van der Waals surface area (Å²) in [5.74, 6) is 1.93. The molecule has 0 saturated carbocycles. The number of amides is 1. The Morgan fingerprint density at radius 2 is 1.78 bits per heavy atom. The molecule has 0 bridgehead atoms. The number of hydrogen-bond donors (Lipinski definition) is 1. The SMILES string of the molecule is CC(C)(C)OC(=O)NCC1(CC(=O)CP(C)(C)=O)SCCCS1. The van der Waals surface area contributed by atoms with Crippen LogP contribution in [0, 0.1) is 0 Å². The molecular weight excluding hydrogens is 353 g/mol. The van der Waals surface area contributed by atoms with Gasteiger partial charge in [-0.1, -0.05) is 0 Å². The molecule has 23 heavy (non-hydrogen) atoms. The van der Waals surface area contributed by atoms with E-state index in [4.69, 9.17) is 4.74 Å². The van der Waals surface area contributed by atoms with E-state index in [1.165, 1.54) is 0 Å². The largest absolute Gasteiger partial charge is 0.444 e. The van der Waals surface area contributed by atoms with Crippen molar-refractivity contribution in [1.82, 2.24) is 5.32 Å². The molecule has 1 fully saturated rings. The highest BCUT2D eigenvalue weighted by Crippen LogP contribution is 2.46. The highest BCUT2D eigenvalue weighted by molar-refractivity contribution is 8.18. The van der Waals surface area contributed by atoms with E-state index in [2.05, 4.69) is 5.32 Å². The lowest BCUT2D eigenvalue weighted by Crippen LogP contribution is -2.43. The van der Waals surface area contributed by atoms with E-state index in [9.17, 15) is 14.2 Å². The van der Waals surface area contributed by atoms with Gasteiger partial charge in [-0.3, -0.25) is 4.79 Å². The second-order valence-corrected chi connectivity index (χ2v) is 13.9. The molecule has 8 heteroatoms. The number of rotatable bonds is 6. The Balaban J connectivity index is 2.66. The Hall–Kier alpha value is -0.130. The van der Waals surface area contributed by atoms with Crippen molar-refractivity contribution in [2.24, 2.45) is 0 Å². The number of hydrogen-bond acceptors (Lipinski definition) is 6. The van der Waals surface area contributed by atoms with Gasteiger partial charge in [-0.15, -0.1) is 23.5 Å². The summed E-state index contributed by atoms with van der Waals surface area (Å²) in [6, 6.07) is 0. The molecular formula is C15H28NO4PS2. The molecule has 0 radical (unpaired) electrons. The van der Waals surface area contributed by atoms with Gasteiger partial charge < -0.3 is 14.6 Å². The van der Waals surface area contributed by atoms with Crippen molar-refractivity contribution in [3.05, 3.63) is 0 Å². The molecule has 1 saturated heterocycles. The molecule has 1 aliphatic heterocycles. The number of nitrogens with one attached hydrogen (secondary N) is 1. The zero-order valence-corrected chi connectivity index (χ0v) is 17.2. The fourth-order valence-corrected chi connectivity index (χ4v) is 6.36. The normalized spacial score (nSPS) is 18.3. The van der Waals surface area contributed by atoms with Gasteiger partial charge in [0.15, 0.2) is 0 Å². The zero-order valence-electron chi connectivity index (χ0n) is 14.6. The minimum absolute atomic E-state index is 0.00576. The van der Waals surface area contributed by atoms with Crippen LogP contribution in [0.15, 0.2) is 0 Å². The van der Waals surface area contributed by atoms with Crippen LogP contribution >= 0.6 is 30.7 Å². The molecule has 0 spiro atoms. The summed E-state index contributed by atoms with van der Waals surface area (Å²) in [4.78, 5) is 24.1. The maximum absolute atomic E-state index is 12.3. The van der Waals surface area contributed by atoms with Gasteiger partial charge >= 0.3 is 6.09 Å². The molecule has 1 N–H and O–H groups in total. The number of ketones is 1. The Morgan fingerprint density at radius 3 is 2.26 bits per heavy atom. The van der Waals surface area contributed by atoms with Crippen LogP contribution in [0.1, 0.15) is 33.6 Å². The third-order valence-corrected chi connectivity index (χ3v) is 7.38. The first-order chi connectivity index (χ1) is 10.4. The van der Waals surface area contributed by atoms with Crippen LogP contribution in [0.2, 0.25) is 0 Å². The minimum atomic E-state index is -2.37. The monoisotopic (exact) mass is 381 g/mol. The molecule has 1 rings (SSSR count). The number of alkyl carbamates (subject to hydrolysis) is 1. The molecule has 1 heterocycles. The maximum Gasteiger partial charge on any atom is 0.407 e. The van der Waals surface area contributed by atoms with Crippen LogP contribution in [0.4, 0.5) is 4.79 Å². The van der Waals surface area contributed by atoms with Crippen molar-refractivity contribution < 1.29 is 18.9 Å². The average Bonchev–Trinajstić information content (AvgIpc) is 2.33. The van der Waals surface area contributed by atoms with Crippen LogP contribution in [0.3, 0.4) is 0 Å². The number of thioether (sulfide) groups is 2. The van der Waals surface area contributed by atoms with E-state index >= 15 is 0 Å². The van der Waals surface area contributed by atoms with Crippen LogP contribution in [-0.4, -0.2) is 59.1 Å². The van der Waals surface area contributed by atoms with Gasteiger partial charge in [-0.25, -0.2) is 4.79 Å². The van der Waals surface area contributed by atoms with Crippen molar-refractivity contribution >= 4 is 42.5 Å². The summed E-state index contributed by atoms with van der Waals surface area (Å²) in [6.45, 7) is 9.10. The fourth-order valence-electron chi connectivity index (χ4n) is 2.19. The summed E-state index contributed by atoms with van der Waals surface area (Å²) in [6.07, 6.45) is 1.08. The standard InChI is InChI=1S/C15H28NO4PS2/c1-14(2,3)20-13(18)16-11-15(22-7-6-8-23-15)9-12(17)10-21(4,5)19/h6-11H2,1-5H3,(H,16,18). The van der Waals surface area contributed by atoms with Gasteiger partial charge in [-0.2, -0.15) is 0 Å². The van der Waals surface area contributed by atoms with E-state index in [0.717, 1.165) is 17.9 Å². The minimum Gasteiger partial charge on any atom is -0.444 e. The quantitative estimate of drug-likeness (QED) is 0.708. The predicted octanol–water partition coefficient (Wildman–Crippen LogP) is 3.66. The Morgan fingerprint density at radius 1 is 1.22 bits per heavy atom. The van der Waals surface area contributed by atoms with Crippen LogP contribution in [-0.2, 0) is 14.1 Å². The Labute approximate surface area is 147 Å². The fraction of sp³-hybridized carbons (Fsp3) is 0.867. The molecule has 134 valence electrons. The lowest BCUT2D eigenvalue weighted by atomic mass is 10.2. The van der Waals surface area contributed by atoms with Crippen LogP contribution in [0.25, 0.3) is 0 Å². The van der Waals surface area contributed by atoms with E-state index in [1.54, 1.807) is 36.9 Å². The molecule has 0 atom stereocenters. The smallest absolute Gasteiger partial charge is 0.407 e. The van der Waals surface area contributed by atoms with E-state index in [0.29, 0.717) is 13.0 Å². The van der Waals surface area contributed by atoms with Gasteiger partial charge in [0.05, 0.1) is 17.4 Å². The van der Waals surface area contributed by atoms with Crippen molar-refractivity contribution in [1.29, 1.82) is 0 Å². The summed E-state index contributed by atoms with van der Waals surface area (Å²) in [7, 11) is -2.37. The first-order valence-corrected chi connectivity index (χ1v) is 12.5. The third-order valence-electron chi connectivity index (χ3n) is 2.94. The topological polar surface area (TPSA) is 72.5 Å². The molecule has 1 aliphatic rings. The van der Waals surface area contributed by atoms with E-state index < -0.39 is 18.8 Å². The second kappa shape index (κ2) is 8.30. The van der Waals surface area contributed by atoms with Gasteiger partial charge in [0.1, 0.15) is 11.4 Å². The molecule has 1 amide bonds. The molecule has 0 aromatic carbocycles. The predicted molar refractivity (Wildman–Crippen MR) is 100 cm³/mol. The molecule has 0 aliphatic carbocycles. The Bertz CT molecular complexity index is 478. The van der Waals surface area contributed by atoms with Crippen molar-refractivity contribution in [2.45, 2.75) is 43.3 Å².